The summed E-state index contributed by atoms with van der Waals surface area (Å²) in [6.45, 7) is 7.52. The number of nitrogens with zero attached hydrogens (tertiary/aromatic N) is 8. The lowest BCUT2D eigenvalue weighted by molar-refractivity contribution is -0.123. The van der Waals surface area contributed by atoms with Gasteiger partial charge in [-0.2, -0.15) is 4.39 Å². The molecule has 1 N–H and O–H groups in total. The maximum Gasteiger partial charge on any atom is 0.248 e. The molecule has 4 aliphatic rings. The number of benzene rings is 2. The molecule has 2 atom stereocenters. The molecule has 4 fully saturated rings. The normalized spacial score (nSPS) is 21.1. The van der Waals surface area contributed by atoms with E-state index < -0.39 is 23.8 Å². The maximum atomic E-state index is 14.1. The standard InChI is InChI=1S/C28H28F3N5O2.C23H26F2N4O2/c1-16-26(17(2)38-34-16)18-6-8-22-21(14-18)33-27(36(22)19-10-12-28(30,31)13-11-19)23-4-3-5-25(37)35(23)20-7-9-24(29)32-15-20;1-13-21(14(2)31-28-13)15-6-7-19-18(12-15)27-22(17-4-3-5-20(30)26-17)29(19)16-8-10-23(24,25)11-9-16/h6-9,14-15,19,23H,3-5,10-13H2,1-2H3;6-7,12,16-17H,3-5,8-11H2,1-2H3,(H,26,30)/t23-;17-/m00/s1. The number of aryl methyl sites for hydroxylation is 4. The highest BCUT2D eigenvalue weighted by Gasteiger charge is 2.41. The zero-order valence-electron chi connectivity index (χ0n) is 39.0. The van der Waals surface area contributed by atoms with Gasteiger partial charge in [-0.25, -0.2) is 32.5 Å². The highest BCUT2D eigenvalue weighted by Crippen LogP contribution is 2.46. The van der Waals surface area contributed by atoms with Crippen LogP contribution in [0.25, 0.3) is 44.3 Å². The fourth-order valence-corrected chi connectivity index (χ4v) is 11.1. The minimum Gasteiger partial charge on any atom is -0.361 e. The lowest BCUT2D eigenvalue weighted by atomic mass is 9.91. The molecule has 69 heavy (non-hydrogen) atoms. The predicted molar refractivity (Wildman–Crippen MR) is 247 cm³/mol. The van der Waals surface area contributed by atoms with E-state index >= 15 is 0 Å². The van der Waals surface area contributed by atoms with Gasteiger partial charge < -0.3 is 28.4 Å². The van der Waals surface area contributed by atoms with Crippen molar-refractivity contribution in [2.45, 2.75) is 154 Å². The van der Waals surface area contributed by atoms with Gasteiger partial charge in [0.15, 0.2) is 0 Å². The van der Waals surface area contributed by atoms with Crippen LogP contribution in [0.1, 0.15) is 149 Å². The third kappa shape index (κ3) is 9.02. The van der Waals surface area contributed by atoms with E-state index in [0.29, 0.717) is 74.2 Å². The number of hydrogen-bond acceptors (Lipinski definition) is 9. The highest BCUT2D eigenvalue weighted by atomic mass is 19.3. The quantitative estimate of drug-likeness (QED) is 0.122. The summed E-state index contributed by atoms with van der Waals surface area (Å²) in [6, 6.07) is 13.8. The minimum atomic E-state index is -2.67. The van der Waals surface area contributed by atoms with E-state index in [1.165, 1.54) is 12.3 Å². The van der Waals surface area contributed by atoms with Crippen molar-refractivity contribution in [1.82, 2.24) is 39.7 Å². The molecule has 2 saturated carbocycles. The molecule has 2 aliphatic carbocycles. The van der Waals surface area contributed by atoms with Crippen LogP contribution in [-0.2, 0) is 9.59 Å². The molecule has 0 bridgehead atoms. The van der Waals surface area contributed by atoms with Crippen LogP contribution in [0, 0.1) is 33.6 Å². The Labute approximate surface area is 394 Å². The monoisotopic (exact) mass is 951 g/mol. The van der Waals surface area contributed by atoms with Crippen molar-refractivity contribution in [2.75, 3.05) is 4.90 Å². The summed E-state index contributed by atoms with van der Waals surface area (Å²) < 4.78 is 84.3. The van der Waals surface area contributed by atoms with E-state index in [0.717, 1.165) is 74.6 Å². The van der Waals surface area contributed by atoms with Crippen molar-refractivity contribution in [3.8, 4) is 22.3 Å². The van der Waals surface area contributed by atoms with Gasteiger partial charge in [-0.15, -0.1) is 0 Å². The Morgan fingerprint density at radius 3 is 1.67 bits per heavy atom. The summed E-state index contributed by atoms with van der Waals surface area (Å²) in [6.07, 6.45) is 5.96. The molecule has 362 valence electrons. The first-order valence-electron chi connectivity index (χ1n) is 23.9. The van der Waals surface area contributed by atoms with Gasteiger partial charge in [0.25, 0.3) is 0 Å². The molecular formula is C51H54F5N9O4. The number of nitrogens with one attached hydrogen (secondary N) is 1. The van der Waals surface area contributed by atoms with Crippen molar-refractivity contribution in [1.29, 1.82) is 0 Å². The number of carbonyl (C=O) groups excluding carboxylic acids is 2. The number of amides is 2. The van der Waals surface area contributed by atoms with E-state index in [9.17, 15) is 31.5 Å². The lowest BCUT2D eigenvalue weighted by Gasteiger charge is -2.37. The average Bonchev–Trinajstić information content (AvgIpc) is 4.08. The molecule has 2 saturated heterocycles. The van der Waals surface area contributed by atoms with Gasteiger partial charge in [0, 0.05) is 61.7 Å². The van der Waals surface area contributed by atoms with Crippen molar-refractivity contribution >= 4 is 39.6 Å². The molecular weight excluding hydrogens is 898 g/mol. The van der Waals surface area contributed by atoms with Gasteiger partial charge in [0.2, 0.25) is 29.6 Å². The number of pyridine rings is 1. The number of alkyl halides is 4. The minimum absolute atomic E-state index is 0.0152. The third-order valence-corrected chi connectivity index (χ3v) is 14.5. The Balaban J connectivity index is 0.000000164. The van der Waals surface area contributed by atoms with E-state index in [2.05, 4.69) is 29.7 Å². The number of aromatic nitrogens is 7. The van der Waals surface area contributed by atoms with Crippen LogP contribution in [0.3, 0.4) is 0 Å². The van der Waals surface area contributed by atoms with E-state index in [1.54, 1.807) is 11.0 Å². The SMILES string of the molecule is Cc1noc(C)c1-c1ccc2c(c1)nc([C@@H]1CCCC(=O)N1)n2C1CCC(F)(F)CC1.Cc1noc(C)c1-c1ccc2c(c1)nc([C@@H]1CCCC(=O)N1c1ccc(F)nc1)n2C1CCC(F)(F)CC1. The summed E-state index contributed by atoms with van der Waals surface area (Å²) in [7, 11) is 0. The van der Waals surface area contributed by atoms with Gasteiger partial charge in [0.1, 0.15) is 23.2 Å². The Hall–Kier alpha value is -6.46. The average molecular weight is 952 g/mol. The maximum absolute atomic E-state index is 14.1. The topological polar surface area (TPSA) is 150 Å². The van der Waals surface area contributed by atoms with Crippen LogP contribution in [0.4, 0.5) is 27.6 Å². The predicted octanol–water partition coefficient (Wildman–Crippen LogP) is 12.3. The van der Waals surface area contributed by atoms with E-state index in [4.69, 9.17) is 19.0 Å². The molecule has 7 heterocycles. The van der Waals surface area contributed by atoms with Crippen LogP contribution in [0.15, 0.2) is 63.8 Å². The van der Waals surface area contributed by atoms with Crippen LogP contribution >= 0.6 is 0 Å². The Morgan fingerprint density at radius 1 is 0.652 bits per heavy atom. The molecule has 13 nitrogen and oxygen atoms in total. The molecule has 5 aromatic heterocycles. The first kappa shape index (κ1) is 46.3. The summed E-state index contributed by atoms with van der Waals surface area (Å²) in [5.41, 5.74) is 9.03. The number of piperidine rings is 2. The molecule has 7 aromatic rings. The molecule has 18 heteroatoms. The number of rotatable bonds is 7. The van der Waals surface area contributed by atoms with E-state index in [1.807, 2.05) is 64.1 Å². The Morgan fingerprint density at radius 2 is 1.17 bits per heavy atom. The molecule has 2 amide bonds. The van der Waals surface area contributed by atoms with Gasteiger partial charge in [-0.3, -0.25) is 9.59 Å². The van der Waals surface area contributed by atoms with Gasteiger partial charge in [-0.05, 0) is 127 Å². The van der Waals surface area contributed by atoms with Crippen LogP contribution in [0.5, 0.6) is 0 Å². The highest BCUT2D eigenvalue weighted by molar-refractivity contribution is 5.95. The summed E-state index contributed by atoms with van der Waals surface area (Å²) >= 11 is 0. The summed E-state index contributed by atoms with van der Waals surface area (Å²) in [5.74, 6) is -3.11. The summed E-state index contributed by atoms with van der Waals surface area (Å²) in [4.78, 5) is 40.6. The Kier molecular flexibility index (Phi) is 12.2. The van der Waals surface area contributed by atoms with Crippen molar-refractivity contribution in [2.24, 2.45) is 0 Å². The number of anilines is 1. The van der Waals surface area contributed by atoms with Crippen molar-refractivity contribution < 1.29 is 40.6 Å². The molecule has 0 radical (unpaired) electrons. The zero-order valence-corrected chi connectivity index (χ0v) is 39.0. The van der Waals surface area contributed by atoms with Gasteiger partial charge >= 0.3 is 0 Å². The zero-order chi connectivity index (χ0) is 48.4. The number of halogens is 5. The van der Waals surface area contributed by atoms with Crippen LogP contribution in [-0.4, -0.2) is 58.1 Å². The largest absolute Gasteiger partial charge is 0.361 e. The van der Waals surface area contributed by atoms with E-state index in [-0.39, 0.29) is 55.6 Å². The lowest BCUT2D eigenvalue weighted by Crippen LogP contribution is -2.40. The van der Waals surface area contributed by atoms with Gasteiger partial charge in [-0.1, -0.05) is 22.4 Å². The van der Waals surface area contributed by atoms with Crippen molar-refractivity contribution in [3.05, 3.63) is 95.2 Å². The van der Waals surface area contributed by atoms with Crippen LogP contribution in [0.2, 0.25) is 0 Å². The second-order valence-electron chi connectivity index (χ2n) is 19.2. The second-order valence-corrected chi connectivity index (χ2v) is 19.2. The first-order chi connectivity index (χ1) is 33.0. The van der Waals surface area contributed by atoms with Gasteiger partial charge in [0.05, 0.1) is 57.4 Å². The number of carbonyl (C=O) groups is 2. The van der Waals surface area contributed by atoms with Crippen molar-refractivity contribution in [3.63, 3.8) is 0 Å². The molecule has 0 unspecified atom stereocenters. The number of fused-ring (bicyclic) bond motifs is 2. The second kappa shape index (κ2) is 18.1. The molecule has 11 rings (SSSR count). The Bertz CT molecular complexity index is 3010. The first-order valence-corrected chi connectivity index (χ1v) is 23.9. The van der Waals surface area contributed by atoms with Crippen LogP contribution < -0.4 is 10.2 Å². The third-order valence-electron chi connectivity index (χ3n) is 14.5. The summed E-state index contributed by atoms with van der Waals surface area (Å²) in [5, 5.41) is 11.2. The fraction of sp³-hybridized carbons (Fsp3) is 0.471. The molecule has 2 aromatic carbocycles. The smallest absolute Gasteiger partial charge is 0.248 e. The molecule has 2 aliphatic heterocycles. The molecule has 0 spiro atoms. The number of imidazole rings is 2. The fourth-order valence-electron chi connectivity index (χ4n) is 11.1. The number of hydrogen-bond donors (Lipinski definition) is 1.